The number of hydrogen-bond acceptors (Lipinski definition) is 4. The molecular formula is C22H17NO2S2. The fourth-order valence-corrected chi connectivity index (χ4v) is 4.15. The Balaban J connectivity index is 1.53. The van der Waals surface area contributed by atoms with Gasteiger partial charge in [-0.3, -0.25) is 9.69 Å². The maximum absolute atomic E-state index is 12.2. The van der Waals surface area contributed by atoms with Crippen LogP contribution < -0.4 is 4.74 Å². The minimum atomic E-state index is -0.0629. The number of rotatable bonds is 4. The third kappa shape index (κ3) is 3.75. The fourth-order valence-electron chi connectivity index (χ4n) is 2.97. The van der Waals surface area contributed by atoms with Crippen molar-refractivity contribution < 1.29 is 9.53 Å². The van der Waals surface area contributed by atoms with E-state index >= 15 is 0 Å². The van der Waals surface area contributed by atoms with Gasteiger partial charge in [0.1, 0.15) is 16.7 Å². The average molecular weight is 392 g/mol. The summed E-state index contributed by atoms with van der Waals surface area (Å²) in [6.45, 7) is 0.488. The first-order chi connectivity index (χ1) is 13.1. The maximum atomic E-state index is 12.2. The second-order valence-corrected chi connectivity index (χ2v) is 7.92. The van der Waals surface area contributed by atoms with Crippen molar-refractivity contribution in [1.29, 1.82) is 0 Å². The molecule has 1 fully saturated rings. The zero-order valence-electron chi connectivity index (χ0n) is 14.7. The van der Waals surface area contributed by atoms with Gasteiger partial charge >= 0.3 is 0 Å². The third-order valence-electron chi connectivity index (χ3n) is 4.42. The van der Waals surface area contributed by atoms with Crippen LogP contribution in [-0.4, -0.2) is 22.2 Å². The van der Waals surface area contributed by atoms with Crippen LogP contribution in [0.15, 0.2) is 71.6 Å². The molecule has 5 heteroatoms. The van der Waals surface area contributed by atoms with Gasteiger partial charge in [0.15, 0.2) is 0 Å². The second-order valence-electron chi connectivity index (χ2n) is 6.24. The summed E-state index contributed by atoms with van der Waals surface area (Å²) in [5.41, 5.74) is 2.06. The number of thiocarbonyl (C=S) groups is 1. The molecule has 3 nitrogen and oxygen atoms in total. The molecule has 0 aliphatic carbocycles. The molecular weight excluding hydrogens is 374 g/mol. The van der Waals surface area contributed by atoms with E-state index in [1.165, 1.54) is 27.4 Å². The molecule has 27 heavy (non-hydrogen) atoms. The fraction of sp³-hybridized carbons (Fsp3) is 0.0909. The van der Waals surface area contributed by atoms with Crippen LogP contribution in [0.3, 0.4) is 0 Å². The van der Waals surface area contributed by atoms with E-state index in [2.05, 4.69) is 24.3 Å². The average Bonchev–Trinajstić information content (AvgIpc) is 2.93. The van der Waals surface area contributed by atoms with Crippen molar-refractivity contribution in [3.05, 3.63) is 82.8 Å². The molecule has 0 atom stereocenters. The van der Waals surface area contributed by atoms with E-state index in [-0.39, 0.29) is 5.91 Å². The van der Waals surface area contributed by atoms with Crippen molar-refractivity contribution in [3.8, 4) is 5.75 Å². The van der Waals surface area contributed by atoms with Gasteiger partial charge in [-0.25, -0.2) is 0 Å². The van der Waals surface area contributed by atoms with E-state index in [0.717, 1.165) is 16.9 Å². The van der Waals surface area contributed by atoms with Gasteiger partial charge < -0.3 is 4.74 Å². The lowest BCUT2D eigenvalue weighted by Crippen LogP contribution is -2.22. The monoisotopic (exact) mass is 391 g/mol. The van der Waals surface area contributed by atoms with Crippen molar-refractivity contribution in [2.45, 2.75) is 6.61 Å². The second kappa shape index (κ2) is 7.55. The van der Waals surface area contributed by atoms with Crippen LogP contribution in [0.25, 0.3) is 16.8 Å². The van der Waals surface area contributed by atoms with Gasteiger partial charge in [0, 0.05) is 7.05 Å². The molecule has 1 aliphatic rings. The van der Waals surface area contributed by atoms with Crippen LogP contribution in [0.4, 0.5) is 0 Å². The quantitative estimate of drug-likeness (QED) is 0.449. The number of carbonyl (C=O) groups excluding carboxylic acids is 1. The lowest BCUT2D eigenvalue weighted by molar-refractivity contribution is -0.121. The summed E-state index contributed by atoms with van der Waals surface area (Å²) < 4.78 is 6.60. The highest BCUT2D eigenvalue weighted by Crippen LogP contribution is 2.32. The SMILES string of the molecule is CN1C(=O)/C(=C/c2cccc(OCc3cccc4ccccc34)c2)SC1=S. The summed E-state index contributed by atoms with van der Waals surface area (Å²) in [5, 5.41) is 2.40. The summed E-state index contributed by atoms with van der Waals surface area (Å²) in [7, 11) is 1.70. The number of thioether (sulfide) groups is 1. The van der Waals surface area contributed by atoms with E-state index in [9.17, 15) is 4.79 Å². The van der Waals surface area contributed by atoms with Gasteiger partial charge in [-0.05, 0) is 40.1 Å². The molecule has 0 spiro atoms. The first-order valence-corrected chi connectivity index (χ1v) is 9.75. The lowest BCUT2D eigenvalue weighted by atomic mass is 10.1. The Kier molecular flexibility index (Phi) is 4.97. The van der Waals surface area contributed by atoms with Gasteiger partial charge in [0.05, 0.1) is 4.91 Å². The molecule has 1 aliphatic heterocycles. The Hall–Kier alpha value is -2.63. The van der Waals surface area contributed by atoms with Crippen molar-refractivity contribution in [2.75, 3.05) is 7.05 Å². The summed E-state index contributed by atoms with van der Waals surface area (Å²) in [5.74, 6) is 0.704. The van der Waals surface area contributed by atoms with Crippen LogP contribution in [0.5, 0.6) is 5.75 Å². The number of fused-ring (bicyclic) bond motifs is 1. The molecule has 1 amide bonds. The molecule has 1 heterocycles. The molecule has 0 N–H and O–H groups in total. The number of amides is 1. The molecule has 1 saturated heterocycles. The van der Waals surface area contributed by atoms with E-state index < -0.39 is 0 Å². The Morgan fingerprint density at radius 1 is 1.07 bits per heavy atom. The molecule has 0 saturated carbocycles. The predicted molar refractivity (Wildman–Crippen MR) is 116 cm³/mol. The van der Waals surface area contributed by atoms with Gasteiger partial charge in [-0.15, -0.1) is 0 Å². The van der Waals surface area contributed by atoms with Gasteiger partial charge in [0.25, 0.3) is 5.91 Å². The normalized spacial score (nSPS) is 15.7. The molecule has 0 unspecified atom stereocenters. The number of hydrogen-bond donors (Lipinski definition) is 0. The Labute approximate surface area is 167 Å². The van der Waals surface area contributed by atoms with Crippen LogP contribution in [0.1, 0.15) is 11.1 Å². The zero-order valence-corrected chi connectivity index (χ0v) is 16.3. The van der Waals surface area contributed by atoms with Crippen LogP contribution in [0.2, 0.25) is 0 Å². The van der Waals surface area contributed by atoms with Crippen LogP contribution in [0, 0.1) is 0 Å². The first-order valence-electron chi connectivity index (χ1n) is 8.53. The maximum Gasteiger partial charge on any atom is 0.265 e. The van der Waals surface area contributed by atoms with Crippen LogP contribution >= 0.6 is 24.0 Å². The predicted octanol–water partition coefficient (Wildman–Crippen LogP) is 5.25. The first kappa shape index (κ1) is 17.8. The summed E-state index contributed by atoms with van der Waals surface area (Å²) >= 11 is 6.50. The molecule has 3 aromatic rings. The van der Waals surface area contributed by atoms with E-state index in [0.29, 0.717) is 15.8 Å². The van der Waals surface area contributed by atoms with Crippen molar-refractivity contribution >= 4 is 51.1 Å². The molecule has 4 rings (SSSR count). The number of carbonyl (C=O) groups is 1. The number of nitrogens with zero attached hydrogens (tertiary/aromatic N) is 1. The third-order valence-corrected chi connectivity index (χ3v) is 5.90. The highest BCUT2D eigenvalue weighted by molar-refractivity contribution is 8.26. The van der Waals surface area contributed by atoms with E-state index in [1.807, 2.05) is 48.5 Å². The topological polar surface area (TPSA) is 29.5 Å². The van der Waals surface area contributed by atoms with E-state index in [4.69, 9.17) is 17.0 Å². The summed E-state index contributed by atoms with van der Waals surface area (Å²) in [6.07, 6.45) is 1.85. The van der Waals surface area contributed by atoms with Crippen molar-refractivity contribution in [1.82, 2.24) is 4.90 Å². The summed E-state index contributed by atoms with van der Waals surface area (Å²) in [4.78, 5) is 14.3. The Morgan fingerprint density at radius 2 is 1.85 bits per heavy atom. The van der Waals surface area contributed by atoms with Gasteiger partial charge in [-0.2, -0.15) is 0 Å². The number of ether oxygens (including phenoxy) is 1. The summed E-state index contributed by atoms with van der Waals surface area (Å²) in [6, 6.07) is 22.3. The van der Waals surface area contributed by atoms with Crippen LogP contribution in [-0.2, 0) is 11.4 Å². The molecule has 0 radical (unpaired) electrons. The minimum absolute atomic E-state index is 0.0629. The minimum Gasteiger partial charge on any atom is -0.489 e. The van der Waals surface area contributed by atoms with E-state index in [1.54, 1.807) is 7.05 Å². The highest BCUT2D eigenvalue weighted by atomic mass is 32.2. The molecule has 3 aromatic carbocycles. The zero-order chi connectivity index (χ0) is 18.8. The largest absolute Gasteiger partial charge is 0.489 e. The molecule has 0 aromatic heterocycles. The van der Waals surface area contributed by atoms with Crippen molar-refractivity contribution in [3.63, 3.8) is 0 Å². The van der Waals surface area contributed by atoms with Gasteiger partial charge in [0.2, 0.25) is 0 Å². The van der Waals surface area contributed by atoms with Crippen molar-refractivity contribution in [2.24, 2.45) is 0 Å². The molecule has 134 valence electrons. The number of benzene rings is 3. The Bertz CT molecular complexity index is 1070. The Morgan fingerprint density at radius 3 is 2.67 bits per heavy atom. The van der Waals surface area contributed by atoms with Gasteiger partial charge in [-0.1, -0.05) is 78.6 Å². The smallest absolute Gasteiger partial charge is 0.265 e. The molecule has 0 bridgehead atoms. The lowest BCUT2D eigenvalue weighted by Gasteiger charge is -2.10. The standard InChI is InChI=1S/C22H17NO2S2/c1-23-21(24)20(27-22(23)26)13-15-6-4-10-18(12-15)25-14-17-9-5-8-16-7-2-3-11-19(16)17/h2-13H,14H2,1H3/b20-13-. The highest BCUT2D eigenvalue weighted by Gasteiger charge is 2.28. The number of likely N-dealkylation sites (N-methyl/N-ethyl adjacent to an activating group) is 1.